The highest BCUT2D eigenvalue weighted by Gasteiger charge is 2.31. The summed E-state index contributed by atoms with van der Waals surface area (Å²) < 4.78 is 5.48. The Morgan fingerprint density at radius 1 is 1.28 bits per heavy atom. The molecule has 6 heteroatoms. The standard InChI is InChI=1S/C19H23N5O/c1-14(19-21-18(22-25-19)17-5-6-17)24-9-7-23(8-10-24)13-16-4-2-3-15(11-16)12-20/h2-4,11,14,17H,5-10,13H2,1H3/t14-/m1/s1. The van der Waals surface area contributed by atoms with Crippen LogP contribution in [-0.2, 0) is 6.54 Å². The molecule has 25 heavy (non-hydrogen) atoms. The van der Waals surface area contributed by atoms with Crippen molar-refractivity contribution in [1.82, 2.24) is 19.9 Å². The van der Waals surface area contributed by atoms with Crippen molar-refractivity contribution in [2.75, 3.05) is 26.2 Å². The van der Waals surface area contributed by atoms with Crippen molar-refractivity contribution in [2.45, 2.75) is 38.3 Å². The lowest BCUT2D eigenvalue weighted by molar-refractivity contribution is 0.0845. The minimum atomic E-state index is 0.170. The second-order valence-electron chi connectivity index (χ2n) is 7.07. The van der Waals surface area contributed by atoms with Crippen molar-refractivity contribution >= 4 is 0 Å². The third kappa shape index (κ3) is 3.73. The third-order valence-corrected chi connectivity index (χ3v) is 5.17. The highest BCUT2D eigenvalue weighted by atomic mass is 16.5. The van der Waals surface area contributed by atoms with E-state index in [4.69, 9.17) is 9.78 Å². The zero-order chi connectivity index (χ0) is 17.2. The Kier molecular flexibility index (Phi) is 4.51. The summed E-state index contributed by atoms with van der Waals surface area (Å²) in [7, 11) is 0. The summed E-state index contributed by atoms with van der Waals surface area (Å²) in [6.45, 7) is 7.02. The van der Waals surface area contributed by atoms with E-state index in [0.717, 1.165) is 50.0 Å². The van der Waals surface area contributed by atoms with Crippen molar-refractivity contribution in [3.63, 3.8) is 0 Å². The maximum absolute atomic E-state index is 9.02. The van der Waals surface area contributed by atoms with Crippen LogP contribution in [0.3, 0.4) is 0 Å². The van der Waals surface area contributed by atoms with Crippen molar-refractivity contribution in [1.29, 1.82) is 5.26 Å². The van der Waals surface area contributed by atoms with Gasteiger partial charge in [-0.25, -0.2) is 0 Å². The number of nitriles is 1. The van der Waals surface area contributed by atoms with Crippen LogP contribution in [0, 0.1) is 11.3 Å². The largest absolute Gasteiger partial charge is 0.338 e. The van der Waals surface area contributed by atoms with Crippen molar-refractivity contribution in [2.24, 2.45) is 0 Å². The maximum atomic E-state index is 9.02. The number of aromatic nitrogens is 2. The molecule has 1 aliphatic heterocycles. The Bertz CT molecular complexity index is 768. The van der Waals surface area contributed by atoms with E-state index in [1.807, 2.05) is 18.2 Å². The van der Waals surface area contributed by atoms with Gasteiger partial charge in [-0.1, -0.05) is 17.3 Å². The van der Waals surface area contributed by atoms with Crippen LogP contribution in [0.1, 0.15) is 54.6 Å². The van der Waals surface area contributed by atoms with E-state index in [-0.39, 0.29) is 6.04 Å². The van der Waals surface area contributed by atoms with Crippen LogP contribution < -0.4 is 0 Å². The molecule has 0 bridgehead atoms. The lowest BCUT2D eigenvalue weighted by atomic mass is 10.1. The van der Waals surface area contributed by atoms with Crippen LogP contribution in [0.4, 0.5) is 0 Å². The van der Waals surface area contributed by atoms with Gasteiger partial charge in [0.2, 0.25) is 5.89 Å². The van der Waals surface area contributed by atoms with E-state index < -0.39 is 0 Å². The predicted octanol–water partition coefficient (Wildman–Crippen LogP) is 2.70. The highest BCUT2D eigenvalue weighted by molar-refractivity contribution is 5.32. The molecule has 0 N–H and O–H groups in total. The molecule has 2 fully saturated rings. The van der Waals surface area contributed by atoms with Gasteiger partial charge in [-0.3, -0.25) is 9.80 Å². The smallest absolute Gasteiger partial charge is 0.243 e. The van der Waals surface area contributed by atoms with Gasteiger partial charge >= 0.3 is 0 Å². The van der Waals surface area contributed by atoms with Crippen LogP contribution >= 0.6 is 0 Å². The molecule has 1 aromatic carbocycles. The zero-order valence-corrected chi connectivity index (χ0v) is 14.6. The van der Waals surface area contributed by atoms with Gasteiger partial charge in [-0.05, 0) is 37.5 Å². The molecule has 0 spiro atoms. The summed E-state index contributed by atoms with van der Waals surface area (Å²) >= 11 is 0. The molecule has 2 aromatic rings. The first-order valence-corrected chi connectivity index (χ1v) is 9.02. The number of hydrogen-bond donors (Lipinski definition) is 0. The van der Waals surface area contributed by atoms with Gasteiger partial charge in [-0.15, -0.1) is 0 Å². The third-order valence-electron chi connectivity index (χ3n) is 5.17. The van der Waals surface area contributed by atoms with Gasteiger partial charge < -0.3 is 4.52 Å². The molecule has 2 heterocycles. The molecule has 1 aromatic heterocycles. The molecule has 0 radical (unpaired) electrons. The molecule has 0 unspecified atom stereocenters. The lowest BCUT2D eigenvalue weighted by Crippen LogP contribution is -2.46. The topological polar surface area (TPSA) is 69.2 Å². The van der Waals surface area contributed by atoms with E-state index in [1.54, 1.807) is 0 Å². The molecule has 130 valence electrons. The maximum Gasteiger partial charge on any atom is 0.243 e. The fourth-order valence-corrected chi connectivity index (χ4v) is 3.39. The van der Waals surface area contributed by atoms with Gasteiger partial charge in [0.25, 0.3) is 0 Å². The van der Waals surface area contributed by atoms with Gasteiger partial charge in [0.05, 0.1) is 17.7 Å². The van der Waals surface area contributed by atoms with E-state index >= 15 is 0 Å². The number of piperazine rings is 1. The predicted molar refractivity (Wildman–Crippen MR) is 92.7 cm³/mol. The molecule has 1 atom stereocenters. The van der Waals surface area contributed by atoms with Gasteiger partial charge in [0, 0.05) is 38.6 Å². The van der Waals surface area contributed by atoms with E-state index in [1.165, 1.54) is 18.4 Å². The second kappa shape index (κ2) is 6.95. The summed E-state index contributed by atoms with van der Waals surface area (Å²) in [5, 5.41) is 13.2. The minimum absolute atomic E-state index is 0.170. The summed E-state index contributed by atoms with van der Waals surface area (Å²) in [5.41, 5.74) is 1.93. The Labute approximate surface area is 148 Å². The van der Waals surface area contributed by atoms with Crippen LogP contribution in [0.5, 0.6) is 0 Å². The van der Waals surface area contributed by atoms with E-state index in [2.05, 4.69) is 39.0 Å². The van der Waals surface area contributed by atoms with Crippen LogP contribution in [0.15, 0.2) is 28.8 Å². The first-order valence-electron chi connectivity index (χ1n) is 9.02. The summed E-state index contributed by atoms with van der Waals surface area (Å²) in [6.07, 6.45) is 2.39. The Balaban J connectivity index is 1.32. The molecule has 1 saturated heterocycles. The quantitative estimate of drug-likeness (QED) is 0.835. The van der Waals surface area contributed by atoms with Gasteiger partial charge in [0.1, 0.15) is 0 Å². The first-order chi connectivity index (χ1) is 12.2. The molecular formula is C19H23N5O. The molecule has 2 aliphatic rings. The number of benzene rings is 1. The number of hydrogen-bond acceptors (Lipinski definition) is 6. The van der Waals surface area contributed by atoms with Crippen LogP contribution in [-0.4, -0.2) is 46.1 Å². The molecule has 6 nitrogen and oxygen atoms in total. The minimum Gasteiger partial charge on any atom is -0.338 e. The van der Waals surface area contributed by atoms with Gasteiger partial charge in [-0.2, -0.15) is 10.2 Å². The van der Waals surface area contributed by atoms with E-state index in [0.29, 0.717) is 5.92 Å². The molecule has 0 amide bonds. The first kappa shape index (κ1) is 16.2. The van der Waals surface area contributed by atoms with Crippen molar-refractivity contribution in [3.05, 3.63) is 47.1 Å². The highest BCUT2D eigenvalue weighted by Crippen LogP contribution is 2.38. The fraction of sp³-hybridized carbons (Fsp3) is 0.526. The number of nitrogens with zero attached hydrogens (tertiary/aromatic N) is 5. The second-order valence-corrected chi connectivity index (χ2v) is 7.07. The average Bonchev–Trinajstić information content (AvgIpc) is 3.39. The Morgan fingerprint density at radius 2 is 2.08 bits per heavy atom. The van der Waals surface area contributed by atoms with Gasteiger partial charge in [0.15, 0.2) is 5.82 Å². The zero-order valence-electron chi connectivity index (χ0n) is 14.6. The van der Waals surface area contributed by atoms with Crippen molar-refractivity contribution in [3.8, 4) is 6.07 Å². The fourth-order valence-electron chi connectivity index (χ4n) is 3.39. The summed E-state index contributed by atoms with van der Waals surface area (Å²) in [6, 6.07) is 10.3. The monoisotopic (exact) mass is 337 g/mol. The van der Waals surface area contributed by atoms with E-state index in [9.17, 15) is 0 Å². The van der Waals surface area contributed by atoms with Crippen LogP contribution in [0.25, 0.3) is 0 Å². The Hall–Kier alpha value is -2.23. The average molecular weight is 337 g/mol. The van der Waals surface area contributed by atoms with Crippen molar-refractivity contribution < 1.29 is 4.52 Å². The molecule has 1 saturated carbocycles. The lowest BCUT2D eigenvalue weighted by Gasteiger charge is -2.36. The molecular weight excluding hydrogens is 314 g/mol. The van der Waals surface area contributed by atoms with Crippen LogP contribution in [0.2, 0.25) is 0 Å². The normalized spacial score (nSPS) is 20.3. The summed E-state index contributed by atoms with van der Waals surface area (Å²) in [4.78, 5) is 9.43. The summed E-state index contributed by atoms with van der Waals surface area (Å²) in [5.74, 6) is 2.17. The molecule has 1 aliphatic carbocycles. The molecule has 4 rings (SSSR count). The SMILES string of the molecule is C[C@H](c1nc(C2CC2)no1)N1CCN(Cc2cccc(C#N)c2)CC1. The number of rotatable bonds is 5. The Morgan fingerprint density at radius 3 is 2.80 bits per heavy atom.